The third kappa shape index (κ3) is 4.02. The third-order valence-electron chi connectivity index (χ3n) is 4.21. The molecular formula is C19H26N4O2. The number of aryl methyl sites for hydroxylation is 1. The van der Waals surface area contributed by atoms with Crippen LogP contribution in [0.1, 0.15) is 32.6 Å². The zero-order valence-electron chi connectivity index (χ0n) is 15.0. The molecule has 0 saturated heterocycles. The fraction of sp³-hybridized carbons (Fsp3) is 0.474. The second kappa shape index (κ2) is 8.67. The molecule has 0 aliphatic rings. The van der Waals surface area contributed by atoms with Crippen molar-refractivity contribution in [2.24, 2.45) is 0 Å². The van der Waals surface area contributed by atoms with Gasteiger partial charge < -0.3 is 19.0 Å². The lowest BCUT2D eigenvalue weighted by atomic mass is 10.2. The molecule has 0 atom stereocenters. The van der Waals surface area contributed by atoms with Crippen LogP contribution >= 0.6 is 0 Å². The summed E-state index contributed by atoms with van der Waals surface area (Å²) in [6.07, 6.45) is 7.96. The van der Waals surface area contributed by atoms with E-state index in [4.69, 9.17) is 14.1 Å². The summed E-state index contributed by atoms with van der Waals surface area (Å²) in [5.74, 6) is 2.47. The lowest BCUT2D eigenvalue weighted by molar-refractivity contribution is 0.198. The van der Waals surface area contributed by atoms with Gasteiger partial charge in [-0.05, 0) is 31.0 Å². The van der Waals surface area contributed by atoms with Crippen LogP contribution in [0, 0.1) is 0 Å². The topological polar surface area (TPSA) is 65.1 Å². The van der Waals surface area contributed by atoms with E-state index >= 15 is 0 Å². The van der Waals surface area contributed by atoms with E-state index in [0.717, 1.165) is 61.0 Å². The molecule has 0 saturated carbocycles. The number of hydrogen-bond acceptors (Lipinski definition) is 5. The van der Waals surface area contributed by atoms with Gasteiger partial charge in [-0.1, -0.05) is 19.8 Å². The number of rotatable bonds is 10. The zero-order valence-corrected chi connectivity index (χ0v) is 15.0. The molecule has 6 nitrogen and oxygen atoms in total. The highest BCUT2D eigenvalue weighted by Crippen LogP contribution is 2.28. The van der Waals surface area contributed by atoms with Gasteiger partial charge in [0.25, 0.3) is 0 Å². The van der Waals surface area contributed by atoms with Crippen LogP contribution in [-0.4, -0.2) is 34.8 Å². The highest BCUT2D eigenvalue weighted by molar-refractivity contribution is 5.88. The van der Waals surface area contributed by atoms with E-state index in [1.165, 1.54) is 12.8 Å². The van der Waals surface area contributed by atoms with Crippen molar-refractivity contribution in [3.63, 3.8) is 0 Å². The largest absolute Gasteiger partial charge is 0.461 e. The maximum Gasteiger partial charge on any atom is 0.177 e. The lowest BCUT2D eigenvalue weighted by Crippen LogP contribution is -2.06. The second-order valence-electron chi connectivity index (χ2n) is 6.07. The Labute approximate surface area is 148 Å². The Morgan fingerprint density at radius 2 is 2.16 bits per heavy atom. The van der Waals surface area contributed by atoms with Crippen molar-refractivity contribution in [3.8, 4) is 11.6 Å². The molecule has 0 radical (unpaired) electrons. The first-order valence-corrected chi connectivity index (χ1v) is 8.97. The van der Waals surface area contributed by atoms with Gasteiger partial charge in [-0.15, -0.1) is 0 Å². The second-order valence-corrected chi connectivity index (χ2v) is 6.07. The van der Waals surface area contributed by atoms with Crippen molar-refractivity contribution in [3.05, 3.63) is 30.7 Å². The van der Waals surface area contributed by atoms with Crippen LogP contribution in [-0.2, 0) is 11.3 Å². The van der Waals surface area contributed by atoms with E-state index in [9.17, 15) is 0 Å². The van der Waals surface area contributed by atoms with Crippen molar-refractivity contribution in [1.82, 2.24) is 14.5 Å². The number of unbranched alkanes of at least 4 members (excludes halogenated alkanes) is 2. The molecule has 3 aromatic heterocycles. The first kappa shape index (κ1) is 17.5. The van der Waals surface area contributed by atoms with Crippen molar-refractivity contribution in [1.29, 1.82) is 0 Å². The number of furan rings is 1. The predicted octanol–water partition coefficient (Wildman–Crippen LogP) is 4.33. The van der Waals surface area contributed by atoms with Crippen LogP contribution in [0.4, 0.5) is 5.82 Å². The number of pyridine rings is 1. The molecule has 0 bridgehead atoms. The van der Waals surface area contributed by atoms with E-state index in [1.54, 1.807) is 13.4 Å². The van der Waals surface area contributed by atoms with Gasteiger partial charge in [0.05, 0.1) is 11.8 Å². The molecular weight excluding hydrogens is 316 g/mol. The molecule has 134 valence electrons. The number of aromatic nitrogens is 3. The molecule has 1 N–H and O–H groups in total. The molecule has 0 aromatic carbocycles. The molecule has 0 aliphatic heterocycles. The highest BCUT2D eigenvalue weighted by atomic mass is 16.5. The number of anilines is 1. The van der Waals surface area contributed by atoms with Crippen molar-refractivity contribution in [2.75, 3.05) is 25.6 Å². The zero-order chi connectivity index (χ0) is 17.5. The molecule has 0 amide bonds. The fourth-order valence-electron chi connectivity index (χ4n) is 2.95. The summed E-state index contributed by atoms with van der Waals surface area (Å²) in [7, 11) is 1.71. The van der Waals surface area contributed by atoms with Crippen LogP contribution in [0.5, 0.6) is 0 Å². The molecule has 0 fully saturated rings. The number of nitrogens with zero attached hydrogens (tertiary/aromatic N) is 3. The summed E-state index contributed by atoms with van der Waals surface area (Å²) in [6.45, 7) is 4.67. The molecule has 0 unspecified atom stereocenters. The summed E-state index contributed by atoms with van der Waals surface area (Å²) in [4.78, 5) is 9.32. The van der Waals surface area contributed by atoms with Crippen molar-refractivity contribution < 1.29 is 9.15 Å². The number of nitrogens with one attached hydrogen (secondary N) is 1. The SMILES string of the molecule is CCCCCn1c(-c2ccco2)nc2c(NCCCOC)nccc21. The number of imidazole rings is 1. The maximum atomic E-state index is 5.61. The monoisotopic (exact) mass is 342 g/mol. The van der Waals surface area contributed by atoms with E-state index < -0.39 is 0 Å². The maximum absolute atomic E-state index is 5.61. The van der Waals surface area contributed by atoms with Crippen LogP contribution in [0.25, 0.3) is 22.6 Å². The van der Waals surface area contributed by atoms with Crippen LogP contribution in [0.15, 0.2) is 35.1 Å². The summed E-state index contributed by atoms with van der Waals surface area (Å²) in [5, 5.41) is 3.38. The lowest BCUT2D eigenvalue weighted by Gasteiger charge is -2.08. The molecule has 3 rings (SSSR count). The van der Waals surface area contributed by atoms with Crippen molar-refractivity contribution in [2.45, 2.75) is 39.2 Å². The molecule has 6 heteroatoms. The molecule has 0 aliphatic carbocycles. The molecule has 3 heterocycles. The number of ether oxygens (including phenoxy) is 1. The first-order chi connectivity index (χ1) is 12.3. The Kier molecular flexibility index (Phi) is 6.06. The molecule has 0 spiro atoms. The van der Waals surface area contributed by atoms with Gasteiger partial charge in [-0.2, -0.15) is 0 Å². The standard InChI is InChI=1S/C19H26N4O2/c1-3-4-5-12-23-15-9-11-21-18(20-10-7-13-24-2)17(15)22-19(23)16-8-6-14-25-16/h6,8-9,11,14H,3-5,7,10,12-13H2,1-2H3,(H,20,21). The number of methoxy groups -OCH3 is 1. The number of fused-ring (bicyclic) bond motifs is 1. The first-order valence-electron chi connectivity index (χ1n) is 8.97. The Hall–Kier alpha value is -2.34. The van der Waals surface area contributed by atoms with Gasteiger partial charge in [0.15, 0.2) is 17.4 Å². The van der Waals surface area contributed by atoms with Gasteiger partial charge in [0, 0.05) is 33.0 Å². The summed E-state index contributed by atoms with van der Waals surface area (Å²) in [5.41, 5.74) is 1.98. The van der Waals surface area contributed by atoms with E-state index in [1.807, 2.05) is 24.4 Å². The molecule has 25 heavy (non-hydrogen) atoms. The Morgan fingerprint density at radius 3 is 2.92 bits per heavy atom. The summed E-state index contributed by atoms with van der Waals surface area (Å²) < 4.78 is 13.0. The average Bonchev–Trinajstić information content (AvgIpc) is 3.27. The molecule has 3 aromatic rings. The third-order valence-corrected chi connectivity index (χ3v) is 4.21. The minimum atomic E-state index is 0.728. The quantitative estimate of drug-likeness (QED) is 0.556. The van der Waals surface area contributed by atoms with Crippen LogP contribution in [0.2, 0.25) is 0 Å². The van der Waals surface area contributed by atoms with Crippen molar-refractivity contribution >= 4 is 16.9 Å². The summed E-state index contributed by atoms with van der Waals surface area (Å²) >= 11 is 0. The average molecular weight is 342 g/mol. The summed E-state index contributed by atoms with van der Waals surface area (Å²) in [6, 6.07) is 5.88. The Morgan fingerprint density at radius 1 is 1.24 bits per heavy atom. The van der Waals surface area contributed by atoms with Gasteiger partial charge >= 0.3 is 0 Å². The van der Waals surface area contributed by atoms with Gasteiger partial charge in [0.1, 0.15) is 5.52 Å². The minimum absolute atomic E-state index is 0.728. The Balaban J connectivity index is 1.94. The van der Waals surface area contributed by atoms with E-state index in [0.29, 0.717) is 0 Å². The predicted molar refractivity (Wildman–Crippen MR) is 99.7 cm³/mol. The van der Waals surface area contributed by atoms with E-state index in [2.05, 4.69) is 21.8 Å². The highest BCUT2D eigenvalue weighted by Gasteiger charge is 2.17. The van der Waals surface area contributed by atoms with Crippen LogP contribution in [0.3, 0.4) is 0 Å². The van der Waals surface area contributed by atoms with Crippen LogP contribution < -0.4 is 5.32 Å². The number of hydrogen-bond donors (Lipinski definition) is 1. The van der Waals surface area contributed by atoms with Gasteiger partial charge in [-0.3, -0.25) is 0 Å². The normalized spacial score (nSPS) is 11.3. The Bertz CT molecular complexity index is 780. The van der Waals surface area contributed by atoms with Gasteiger partial charge in [0.2, 0.25) is 0 Å². The van der Waals surface area contributed by atoms with E-state index in [-0.39, 0.29) is 0 Å². The fourth-order valence-corrected chi connectivity index (χ4v) is 2.95. The van der Waals surface area contributed by atoms with Gasteiger partial charge in [-0.25, -0.2) is 9.97 Å². The minimum Gasteiger partial charge on any atom is -0.461 e. The smallest absolute Gasteiger partial charge is 0.177 e.